The van der Waals surface area contributed by atoms with E-state index in [-0.39, 0.29) is 10.9 Å². The summed E-state index contributed by atoms with van der Waals surface area (Å²) in [6.07, 6.45) is 6.33. The van der Waals surface area contributed by atoms with Crippen molar-refractivity contribution in [2.24, 2.45) is 0 Å². The summed E-state index contributed by atoms with van der Waals surface area (Å²) in [4.78, 5) is 6.79. The van der Waals surface area contributed by atoms with Crippen LogP contribution in [-0.4, -0.2) is 54.9 Å². The molecule has 0 saturated carbocycles. The summed E-state index contributed by atoms with van der Waals surface area (Å²) in [6.45, 7) is 4.68. The molecule has 1 aliphatic rings. The first-order chi connectivity index (χ1) is 13.5. The largest absolute Gasteiger partial charge is 0.385 e. The molecule has 1 aliphatic heterocycles. The van der Waals surface area contributed by atoms with E-state index < -0.39 is 9.84 Å². The molecular formula is C21H31N3O3S. The number of rotatable bonds is 9. The number of nitrogens with zero attached hydrogens (tertiary/aromatic N) is 3. The maximum absolute atomic E-state index is 12.6. The number of imidazole rings is 1. The van der Waals surface area contributed by atoms with E-state index in [9.17, 15) is 8.42 Å². The van der Waals surface area contributed by atoms with Gasteiger partial charge in [0.2, 0.25) is 15.0 Å². The number of sulfone groups is 1. The number of hydrogen-bond donors (Lipinski definition) is 0. The zero-order chi connectivity index (χ0) is 20.0. The van der Waals surface area contributed by atoms with Crippen molar-refractivity contribution in [3.05, 3.63) is 47.8 Å². The highest BCUT2D eigenvalue weighted by molar-refractivity contribution is 7.91. The van der Waals surface area contributed by atoms with Crippen LogP contribution in [-0.2, 0) is 27.7 Å². The molecule has 1 fully saturated rings. The third-order valence-corrected chi connectivity index (χ3v) is 7.15. The van der Waals surface area contributed by atoms with Crippen LogP contribution in [0.4, 0.5) is 0 Å². The predicted molar refractivity (Wildman–Crippen MR) is 110 cm³/mol. The van der Waals surface area contributed by atoms with Gasteiger partial charge in [-0.15, -0.1) is 0 Å². The maximum Gasteiger partial charge on any atom is 0.228 e. The van der Waals surface area contributed by atoms with Crippen LogP contribution < -0.4 is 0 Å². The smallest absolute Gasteiger partial charge is 0.228 e. The number of likely N-dealkylation sites (tertiary alicyclic amines) is 1. The van der Waals surface area contributed by atoms with Crippen LogP contribution >= 0.6 is 0 Å². The second kappa shape index (κ2) is 9.67. The van der Waals surface area contributed by atoms with Gasteiger partial charge in [0, 0.05) is 26.3 Å². The highest BCUT2D eigenvalue weighted by atomic mass is 32.2. The van der Waals surface area contributed by atoms with Crippen LogP contribution in [0.1, 0.15) is 43.9 Å². The highest BCUT2D eigenvalue weighted by Gasteiger charge is 2.26. The fourth-order valence-corrected chi connectivity index (χ4v) is 4.88. The van der Waals surface area contributed by atoms with E-state index in [1.807, 2.05) is 34.9 Å². The Morgan fingerprint density at radius 2 is 1.96 bits per heavy atom. The van der Waals surface area contributed by atoms with E-state index in [2.05, 4.69) is 9.88 Å². The lowest BCUT2D eigenvalue weighted by Crippen LogP contribution is -2.40. The maximum atomic E-state index is 12.6. The van der Waals surface area contributed by atoms with Gasteiger partial charge in [0.1, 0.15) is 0 Å². The number of hydrogen-bond acceptors (Lipinski definition) is 5. The van der Waals surface area contributed by atoms with Gasteiger partial charge >= 0.3 is 0 Å². The molecule has 1 aromatic heterocycles. The lowest BCUT2D eigenvalue weighted by molar-refractivity contribution is 0.0954. The van der Waals surface area contributed by atoms with Crippen molar-refractivity contribution in [1.82, 2.24) is 14.5 Å². The van der Waals surface area contributed by atoms with Crippen LogP contribution in [0.15, 0.2) is 41.7 Å². The van der Waals surface area contributed by atoms with Gasteiger partial charge in [-0.1, -0.05) is 43.7 Å². The van der Waals surface area contributed by atoms with Gasteiger partial charge in [0.05, 0.1) is 24.2 Å². The minimum absolute atomic E-state index is 0.0540. The topological polar surface area (TPSA) is 64.4 Å². The summed E-state index contributed by atoms with van der Waals surface area (Å²) in [5, 5.41) is 0.180. The molecule has 0 bridgehead atoms. The van der Waals surface area contributed by atoms with Crippen LogP contribution in [0.25, 0.3) is 0 Å². The van der Waals surface area contributed by atoms with Gasteiger partial charge in [-0.05, 0) is 31.4 Å². The molecule has 2 heterocycles. The molecule has 2 aromatic rings. The average molecular weight is 406 g/mol. The molecule has 0 N–H and O–H groups in total. The average Bonchev–Trinajstić information content (AvgIpc) is 3.11. The fraction of sp³-hybridized carbons (Fsp3) is 0.571. The predicted octanol–water partition coefficient (Wildman–Crippen LogP) is 3.12. The molecule has 0 spiro atoms. The normalized spacial score (nSPS) is 18.4. The highest BCUT2D eigenvalue weighted by Crippen LogP contribution is 2.24. The molecule has 1 atom stereocenters. The lowest BCUT2D eigenvalue weighted by atomic mass is 9.99. The number of piperidine rings is 1. The molecule has 7 heteroatoms. The molecule has 3 rings (SSSR count). The van der Waals surface area contributed by atoms with Crippen LogP contribution in [0.5, 0.6) is 0 Å². The number of benzene rings is 1. The minimum atomic E-state index is -3.38. The van der Waals surface area contributed by atoms with Crippen molar-refractivity contribution < 1.29 is 13.2 Å². The van der Waals surface area contributed by atoms with Crippen LogP contribution in [0, 0.1) is 0 Å². The zero-order valence-corrected chi connectivity index (χ0v) is 17.7. The lowest BCUT2D eigenvalue weighted by Gasteiger charge is -2.35. The molecule has 0 amide bonds. The van der Waals surface area contributed by atoms with E-state index in [1.165, 1.54) is 12.8 Å². The second-order valence-corrected chi connectivity index (χ2v) is 9.58. The zero-order valence-electron chi connectivity index (χ0n) is 16.9. The standard InChI is InChI=1S/C21H31N3O3S/c1-3-28(25,26)21-22-15-20(24(21)16-18-9-5-4-6-10-18)17-23-13-8-7-11-19(23)12-14-27-2/h4-6,9-10,15,19H,3,7-8,11-14,16-17H2,1-2H3/t19-/m1/s1. The third-order valence-electron chi connectivity index (χ3n) is 5.51. The Hall–Kier alpha value is -1.70. The van der Waals surface area contributed by atoms with E-state index in [0.717, 1.165) is 37.3 Å². The van der Waals surface area contributed by atoms with E-state index in [4.69, 9.17) is 4.74 Å². The molecule has 28 heavy (non-hydrogen) atoms. The van der Waals surface area contributed by atoms with E-state index in [0.29, 0.717) is 19.1 Å². The van der Waals surface area contributed by atoms with Crippen molar-refractivity contribution in [2.45, 2.75) is 56.9 Å². The molecule has 154 valence electrons. The van der Waals surface area contributed by atoms with Gasteiger partial charge in [-0.3, -0.25) is 4.90 Å². The minimum Gasteiger partial charge on any atom is -0.385 e. The van der Waals surface area contributed by atoms with Gasteiger partial charge < -0.3 is 9.30 Å². The van der Waals surface area contributed by atoms with Gasteiger partial charge in [-0.25, -0.2) is 13.4 Å². The van der Waals surface area contributed by atoms with E-state index >= 15 is 0 Å². The summed E-state index contributed by atoms with van der Waals surface area (Å²) >= 11 is 0. The molecule has 0 aliphatic carbocycles. The molecule has 0 unspecified atom stereocenters. The first-order valence-electron chi connectivity index (χ1n) is 10.1. The van der Waals surface area contributed by atoms with Gasteiger partial charge in [0.15, 0.2) is 0 Å². The Morgan fingerprint density at radius 1 is 1.18 bits per heavy atom. The Labute approximate surface area is 168 Å². The number of aromatic nitrogens is 2. The first-order valence-corrected chi connectivity index (χ1v) is 11.7. The summed E-state index contributed by atoms with van der Waals surface area (Å²) < 4.78 is 32.4. The second-order valence-electron chi connectivity index (χ2n) is 7.41. The van der Waals surface area contributed by atoms with Crippen molar-refractivity contribution in [3.63, 3.8) is 0 Å². The van der Waals surface area contributed by atoms with Gasteiger partial charge in [0.25, 0.3) is 0 Å². The van der Waals surface area contributed by atoms with Crippen molar-refractivity contribution >= 4 is 9.84 Å². The summed E-state index contributed by atoms with van der Waals surface area (Å²) in [7, 11) is -1.64. The number of methoxy groups -OCH3 is 1. The third kappa shape index (κ3) is 5.01. The first kappa shape index (κ1) is 21.0. The van der Waals surface area contributed by atoms with Crippen LogP contribution in [0.3, 0.4) is 0 Å². The number of ether oxygens (including phenoxy) is 1. The fourth-order valence-electron chi connectivity index (χ4n) is 3.89. The van der Waals surface area contributed by atoms with Crippen molar-refractivity contribution in [3.8, 4) is 0 Å². The monoisotopic (exact) mass is 405 g/mol. The molecule has 1 saturated heterocycles. The molecule has 1 aromatic carbocycles. The Balaban J connectivity index is 1.89. The Bertz CT molecular complexity index is 849. The van der Waals surface area contributed by atoms with Crippen molar-refractivity contribution in [1.29, 1.82) is 0 Å². The van der Waals surface area contributed by atoms with Gasteiger partial charge in [-0.2, -0.15) is 0 Å². The van der Waals surface area contributed by atoms with Crippen LogP contribution in [0.2, 0.25) is 0 Å². The molecule has 6 nitrogen and oxygen atoms in total. The summed E-state index contributed by atoms with van der Waals surface area (Å²) in [5.41, 5.74) is 2.03. The summed E-state index contributed by atoms with van der Waals surface area (Å²) in [6, 6.07) is 10.4. The molecule has 0 radical (unpaired) electrons. The Kier molecular flexibility index (Phi) is 7.26. The summed E-state index contributed by atoms with van der Waals surface area (Å²) in [5.74, 6) is 0.0540. The Morgan fingerprint density at radius 3 is 2.68 bits per heavy atom. The quantitative estimate of drug-likeness (QED) is 0.641. The SMILES string of the molecule is CCS(=O)(=O)c1ncc(CN2CCCC[C@@H]2CCOC)n1Cc1ccccc1. The molecular weight excluding hydrogens is 374 g/mol. The van der Waals surface area contributed by atoms with E-state index in [1.54, 1.807) is 20.2 Å². The van der Waals surface area contributed by atoms with Crippen molar-refractivity contribution in [2.75, 3.05) is 26.0 Å².